The van der Waals surface area contributed by atoms with Crippen LogP contribution in [0, 0.1) is 11.3 Å². The van der Waals surface area contributed by atoms with E-state index in [1.807, 2.05) is 6.07 Å². The Bertz CT molecular complexity index is 544. The highest BCUT2D eigenvalue weighted by atomic mass is 16.5. The Morgan fingerprint density at radius 1 is 1.47 bits per heavy atom. The number of ether oxygens (including phenoxy) is 1. The molecule has 0 N–H and O–H groups in total. The number of carbonyl (C=O) groups excluding carboxylic acids is 2. The number of rotatable bonds is 4. The Labute approximate surface area is 111 Å². The average molecular weight is 258 g/mol. The van der Waals surface area contributed by atoms with Crippen LogP contribution in [-0.2, 0) is 14.3 Å². The normalized spacial score (nSPS) is 9.95. The van der Waals surface area contributed by atoms with E-state index in [9.17, 15) is 9.59 Å². The van der Waals surface area contributed by atoms with Gasteiger partial charge >= 0.3 is 5.97 Å². The van der Waals surface area contributed by atoms with Crippen LogP contribution in [0.4, 0.5) is 0 Å². The van der Waals surface area contributed by atoms with Gasteiger partial charge in [0.05, 0.1) is 18.7 Å². The molecule has 0 spiro atoms. The van der Waals surface area contributed by atoms with E-state index >= 15 is 0 Å². The third-order valence-electron chi connectivity index (χ3n) is 2.40. The molecule has 0 heterocycles. The van der Waals surface area contributed by atoms with Gasteiger partial charge in [0.25, 0.3) is 0 Å². The number of hydrogen-bond donors (Lipinski definition) is 0. The first kappa shape index (κ1) is 14.5. The van der Waals surface area contributed by atoms with E-state index in [1.54, 1.807) is 30.3 Å². The highest BCUT2D eigenvalue weighted by molar-refractivity contribution is 5.93. The zero-order valence-corrected chi connectivity index (χ0v) is 10.8. The molecule has 19 heavy (non-hydrogen) atoms. The minimum Gasteiger partial charge on any atom is -0.468 e. The lowest BCUT2D eigenvalue weighted by Crippen LogP contribution is -2.31. The third-order valence-corrected chi connectivity index (χ3v) is 2.40. The molecule has 0 aliphatic rings. The maximum atomic E-state index is 11.7. The molecule has 0 unspecified atom stereocenters. The number of nitrogens with zero attached hydrogens (tertiary/aromatic N) is 2. The molecule has 0 aliphatic carbocycles. The van der Waals surface area contributed by atoms with Gasteiger partial charge in [-0.15, -0.1) is 0 Å². The maximum absolute atomic E-state index is 11.7. The van der Waals surface area contributed by atoms with Gasteiger partial charge in [-0.2, -0.15) is 5.26 Å². The van der Waals surface area contributed by atoms with Crippen LogP contribution in [-0.4, -0.2) is 37.5 Å². The second kappa shape index (κ2) is 6.97. The van der Waals surface area contributed by atoms with E-state index < -0.39 is 5.97 Å². The fraction of sp³-hybridized carbons (Fsp3) is 0.214. The van der Waals surface area contributed by atoms with E-state index in [0.29, 0.717) is 5.56 Å². The van der Waals surface area contributed by atoms with E-state index in [4.69, 9.17) is 5.26 Å². The van der Waals surface area contributed by atoms with Crippen molar-refractivity contribution in [2.45, 2.75) is 0 Å². The summed E-state index contributed by atoms with van der Waals surface area (Å²) in [5.74, 6) is -0.788. The van der Waals surface area contributed by atoms with Crippen molar-refractivity contribution in [2.75, 3.05) is 20.7 Å². The van der Waals surface area contributed by atoms with Crippen LogP contribution in [0.5, 0.6) is 0 Å². The van der Waals surface area contributed by atoms with Gasteiger partial charge in [-0.05, 0) is 23.8 Å². The van der Waals surface area contributed by atoms with Crippen molar-refractivity contribution in [3.63, 3.8) is 0 Å². The van der Waals surface area contributed by atoms with Crippen LogP contribution in [0.25, 0.3) is 6.08 Å². The largest absolute Gasteiger partial charge is 0.468 e. The Hall–Kier alpha value is -2.61. The van der Waals surface area contributed by atoms with Crippen LogP contribution in [0.1, 0.15) is 11.1 Å². The minimum absolute atomic E-state index is 0.0993. The van der Waals surface area contributed by atoms with Crippen molar-refractivity contribution in [1.29, 1.82) is 5.26 Å². The number of benzene rings is 1. The van der Waals surface area contributed by atoms with Gasteiger partial charge in [-0.3, -0.25) is 9.59 Å². The first-order valence-electron chi connectivity index (χ1n) is 5.57. The summed E-state index contributed by atoms with van der Waals surface area (Å²) in [6.45, 7) is -0.0993. The molecule has 1 aromatic rings. The molecule has 0 aliphatic heterocycles. The molecule has 0 fully saturated rings. The van der Waals surface area contributed by atoms with Gasteiger partial charge in [-0.25, -0.2) is 0 Å². The summed E-state index contributed by atoms with van der Waals surface area (Å²) in [6, 6.07) is 8.89. The fourth-order valence-corrected chi connectivity index (χ4v) is 1.34. The van der Waals surface area contributed by atoms with Crippen molar-refractivity contribution in [1.82, 2.24) is 4.90 Å². The molecular formula is C14H14N2O3. The van der Waals surface area contributed by atoms with Crippen LogP contribution in [0.3, 0.4) is 0 Å². The summed E-state index contributed by atoms with van der Waals surface area (Å²) in [4.78, 5) is 23.9. The average Bonchev–Trinajstić information content (AvgIpc) is 2.44. The zero-order valence-electron chi connectivity index (χ0n) is 10.8. The highest BCUT2D eigenvalue weighted by Crippen LogP contribution is 2.06. The zero-order chi connectivity index (χ0) is 14.3. The molecule has 1 amide bonds. The lowest BCUT2D eigenvalue weighted by molar-refractivity contribution is -0.144. The molecule has 0 bridgehead atoms. The number of nitriles is 1. The Morgan fingerprint density at radius 3 is 2.84 bits per heavy atom. The van der Waals surface area contributed by atoms with Crippen LogP contribution >= 0.6 is 0 Å². The molecule has 0 aromatic heterocycles. The molecule has 98 valence electrons. The second-order valence-corrected chi connectivity index (χ2v) is 3.84. The smallest absolute Gasteiger partial charge is 0.325 e. The number of hydrogen-bond acceptors (Lipinski definition) is 4. The van der Waals surface area contributed by atoms with Gasteiger partial charge in [-0.1, -0.05) is 12.1 Å². The van der Waals surface area contributed by atoms with Gasteiger partial charge in [0.2, 0.25) is 5.91 Å². The van der Waals surface area contributed by atoms with Crippen molar-refractivity contribution in [3.05, 3.63) is 41.5 Å². The Balaban J connectivity index is 2.67. The maximum Gasteiger partial charge on any atom is 0.325 e. The number of carbonyl (C=O) groups is 2. The van der Waals surface area contributed by atoms with E-state index in [0.717, 1.165) is 5.56 Å². The molecule has 0 radical (unpaired) electrons. The molecule has 5 nitrogen and oxygen atoms in total. The van der Waals surface area contributed by atoms with Crippen molar-refractivity contribution in [2.24, 2.45) is 0 Å². The molecule has 1 rings (SSSR count). The molecule has 0 saturated carbocycles. The first-order valence-corrected chi connectivity index (χ1v) is 5.57. The summed E-state index contributed by atoms with van der Waals surface area (Å²) in [7, 11) is 2.78. The summed E-state index contributed by atoms with van der Waals surface area (Å²) >= 11 is 0. The summed E-state index contributed by atoms with van der Waals surface area (Å²) < 4.78 is 4.47. The molecule has 0 atom stereocenters. The SMILES string of the molecule is COC(=O)CN(C)C(=O)/C=C/c1cccc(C#N)c1. The minimum atomic E-state index is -0.476. The van der Waals surface area contributed by atoms with Crippen molar-refractivity contribution >= 4 is 18.0 Å². The number of methoxy groups -OCH3 is 1. The third kappa shape index (κ3) is 4.64. The van der Waals surface area contributed by atoms with E-state index in [-0.39, 0.29) is 12.5 Å². The summed E-state index contributed by atoms with van der Waals surface area (Å²) in [5.41, 5.74) is 1.27. The Morgan fingerprint density at radius 2 is 2.21 bits per heavy atom. The van der Waals surface area contributed by atoms with Crippen molar-refractivity contribution in [3.8, 4) is 6.07 Å². The van der Waals surface area contributed by atoms with Gasteiger partial charge < -0.3 is 9.64 Å². The van der Waals surface area contributed by atoms with Crippen LogP contribution in [0.2, 0.25) is 0 Å². The van der Waals surface area contributed by atoms with E-state index in [1.165, 1.54) is 25.1 Å². The lowest BCUT2D eigenvalue weighted by atomic mass is 10.1. The molecule has 1 aromatic carbocycles. The lowest BCUT2D eigenvalue weighted by Gasteiger charge is -2.12. The fourth-order valence-electron chi connectivity index (χ4n) is 1.34. The number of likely N-dealkylation sites (N-methyl/N-ethyl adjacent to an activating group) is 1. The van der Waals surface area contributed by atoms with Gasteiger partial charge in [0, 0.05) is 13.1 Å². The first-order chi connectivity index (χ1) is 9.06. The standard InChI is InChI=1S/C14H14N2O3/c1-16(10-14(18)19-2)13(17)7-6-11-4-3-5-12(8-11)9-15/h3-8H,10H2,1-2H3/b7-6+. The highest BCUT2D eigenvalue weighted by Gasteiger charge is 2.09. The topological polar surface area (TPSA) is 70.4 Å². The predicted octanol–water partition coefficient (Wildman–Crippen LogP) is 1.20. The summed E-state index contributed by atoms with van der Waals surface area (Å²) in [5, 5.41) is 8.75. The molecule has 0 saturated heterocycles. The second-order valence-electron chi connectivity index (χ2n) is 3.84. The Kier molecular flexibility index (Phi) is 5.30. The molecule has 5 heteroatoms. The summed E-state index contributed by atoms with van der Waals surface area (Å²) in [6.07, 6.45) is 2.94. The number of amides is 1. The molecular weight excluding hydrogens is 244 g/mol. The monoisotopic (exact) mass is 258 g/mol. The van der Waals surface area contributed by atoms with Crippen molar-refractivity contribution < 1.29 is 14.3 Å². The quantitative estimate of drug-likeness (QED) is 0.601. The van der Waals surface area contributed by atoms with Crippen LogP contribution < -0.4 is 0 Å². The van der Waals surface area contributed by atoms with Crippen LogP contribution in [0.15, 0.2) is 30.3 Å². The number of esters is 1. The van der Waals surface area contributed by atoms with E-state index in [2.05, 4.69) is 4.74 Å². The predicted molar refractivity (Wildman–Crippen MR) is 69.8 cm³/mol. The van der Waals surface area contributed by atoms with Gasteiger partial charge in [0.1, 0.15) is 6.54 Å². The van der Waals surface area contributed by atoms with Gasteiger partial charge in [0.15, 0.2) is 0 Å².